The zero-order valence-electron chi connectivity index (χ0n) is 10.5. The molecule has 0 atom stereocenters. The average molecular weight is 297 g/mol. The molecular formula is C14H13F2NO2S. The number of nitrogens with two attached hydrogens (primary N) is 1. The maximum absolute atomic E-state index is 13.7. The quantitative estimate of drug-likeness (QED) is 0.942. The van der Waals surface area contributed by atoms with Crippen LogP contribution in [0.4, 0.5) is 8.78 Å². The minimum atomic E-state index is -3.80. The van der Waals surface area contributed by atoms with Gasteiger partial charge in [0.05, 0.1) is 10.6 Å². The predicted molar refractivity (Wildman–Crippen MR) is 71.6 cm³/mol. The van der Waals surface area contributed by atoms with Crippen LogP contribution in [0.5, 0.6) is 0 Å². The lowest BCUT2D eigenvalue weighted by atomic mass is 10.1. The summed E-state index contributed by atoms with van der Waals surface area (Å²) in [5.74, 6) is -1.81. The Bertz CT molecular complexity index is 730. The molecule has 0 aliphatic carbocycles. The molecule has 0 aromatic heterocycles. The Hall–Kier alpha value is -1.79. The molecule has 0 bridgehead atoms. The Morgan fingerprint density at radius 1 is 1.05 bits per heavy atom. The van der Waals surface area contributed by atoms with Crippen LogP contribution in [0.15, 0.2) is 47.4 Å². The molecule has 0 aliphatic rings. The molecule has 0 saturated carbocycles. The van der Waals surface area contributed by atoms with Crippen molar-refractivity contribution < 1.29 is 17.2 Å². The Balaban J connectivity index is 2.38. The summed E-state index contributed by atoms with van der Waals surface area (Å²) in [5, 5.41) is 0. The van der Waals surface area contributed by atoms with Gasteiger partial charge in [-0.2, -0.15) is 0 Å². The molecule has 0 fully saturated rings. The number of benzene rings is 2. The van der Waals surface area contributed by atoms with Crippen molar-refractivity contribution in [2.45, 2.75) is 17.2 Å². The highest BCUT2D eigenvalue weighted by molar-refractivity contribution is 7.90. The Labute approximate surface area is 116 Å². The smallest absolute Gasteiger partial charge is 0.182 e. The lowest BCUT2D eigenvalue weighted by Crippen LogP contribution is -2.08. The van der Waals surface area contributed by atoms with Gasteiger partial charge in [-0.1, -0.05) is 18.2 Å². The van der Waals surface area contributed by atoms with Gasteiger partial charge >= 0.3 is 0 Å². The normalized spacial score (nSPS) is 11.6. The summed E-state index contributed by atoms with van der Waals surface area (Å²) < 4.78 is 51.0. The first-order valence-electron chi connectivity index (χ1n) is 5.88. The second-order valence-corrected chi connectivity index (χ2v) is 6.34. The number of hydrogen-bond acceptors (Lipinski definition) is 3. The van der Waals surface area contributed by atoms with Gasteiger partial charge in [0.15, 0.2) is 9.84 Å². The van der Waals surface area contributed by atoms with Crippen LogP contribution >= 0.6 is 0 Å². The summed E-state index contributed by atoms with van der Waals surface area (Å²) in [5.41, 5.74) is 6.10. The van der Waals surface area contributed by atoms with Gasteiger partial charge in [-0.3, -0.25) is 0 Å². The minimum Gasteiger partial charge on any atom is -0.326 e. The van der Waals surface area contributed by atoms with E-state index in [0.29, 0.717) is 5.56 Å². The molecule has 20 heavy (non-hydrogen) atoms. The zero-order chi connectivity index (χ0) is 14.8. The van der Waals surface area contributed by atoms with Crippen molar-refractivity contribution in [2.75, 3.05) is 0 Å². The van der Waals surface area contributed by atoms with Gasteiger partial charge in [-0.25, -0.2) is 17.2 Å². The van der Waals surface area contributed by atoms with E-state index in [9.17, 15) is 17.2 Å². The largest absolute Gasteiger partial charge is 0.326 e. The fourth-order valence-electron chi connectivity index (χ4n) is 1.81. The molecule has 6 heteroatoms. The van der Waals surface area contributed by atoms with E-state index < -0.39 is 27.2 Å². The van der Waals surface area contributed by atoms with Crippen molar-refractivity contribution in [2.24, 2.45) is 5.73 Å². The lowest BCUT2D eigenvalue weighted by Gasteiger charge is -2.07. The first-order chi connectivity index (χ1) is 9.42. The van der Waals surface area contributed by atoms with E-state index in [1.54, 1.807) is 0 Å². The van der Waals surface area contributed by atoms with Gasteiger partial charge in [-0.05, 0) is 29.8 Å². The molecule has 2 N–H and O–H groups in total. The average Bonchev–Trinajstić information content (AvgIpc) is 2.41. The molecule has 0 heterocycles. The van der Waals surface area contributed by atoms with Crippen molar-refractivity contribution in [1.82, 2.24) is 0 Å². The maximum atomic E-state index is 13.7. The van der Waals surface area contributed by atoms with E-state index >= 15 is 0 Å². The lowest BCUT2D eigenvalue weighted by molar-refractivity contribution is 0.583. The van der Waals surface area contributed by atoms with Crippen LogP contribution in [0.3, 0.4) is 0 Å². The van der Waals surface area contributed by atoms with Gasteiger partial charge in [0.1, 0.15) is 11.6 Å². The Morgan fingerprint density at radius 2 is 1.80 bits per heavy atom. The number of hydrogen-bond donors (Lipinski definition) is 1. The third-order valence-corrected chi connectivity index (χ3v) is 4.51. The van der Waals surface area contributed by atoms with Crippen molar-refractivity contribution in [1.29, 1.82) is 0 Å². The first-order valence-corrected chi connectivity index (χ1v) is 7.53. The van der Waals surface area contributed by atoms with Crippen LogP contribution in [0.25, 0.3) is 0 Å². The number of rotatable bonds is 4. The molecule has 0 amide bonds. The fourth-order valence-corrected chi connectivity index (χ4v) is 3.19. The van der Waals surface area contributed by atoms with Gasteiger partial charge in [0.2, 0.25) is 0 Å². The molecule has 2 rings (SSSR count). The van der Waals surface area contributed by atoms with Crippen LogP contribution in [-0.2, 0) is 22.1 Å². The van der Waals surface area contributed by atoms with Crippen LogP contribution in [0, 0.1) is 11.6 Å². The summed E-state index contributed by atoms with van der Waals surface area (Å²) in [4.78, 5) is -0.171. The highest BCUT2D eigenvalue weighted by Gasteiger charge is 2.18. The predicted octanol–water partition coefficient (Wildman–Crippen LogP) is 2.40. The topological polar surface area (TPSA) is 60.2 Å². The molecule has 0 saturated heterocycles. The van der Waals surface area contributed by atoms with E-state index in [1.165, 1.54) is 30.3 Å². The standard InChI is InChI=1S/C14H13F2NO2S/c15-12-2-1-3-13(7-12)20(18,19)9-11-6-10(8-17)4-5-14(11)16/h1-7H,8-9,17H2. The summed E-state index contributed by atoms with van der Waals surface area (Å²) >= 11 is 0. The van der Waals surface area contributed by atoms with Crippen molar-refractivity contribution in [3.8, 4) is 0 Å². The van der Waals surface area contributed by atoms with E-state index in [-0.39, 0.29) is 17.0 Å². The second kappa shape index (κ2) is 5.68. The summed E-state index contributed by atoms with van der Waals surface area (Å²) in [7, 11) is -3.80. The van der Waals surface area contributed by atoms with Crippen molar-refractivity contribution >= 4 is 9.84 Å². The highest BCUT2D eigenvalue weighted by Crippen LogP contribution is 2.20. The first kappa shape index (κ1) is 14.6. The molecule has 0 spiro atoms. The molecule has 0 unspecified atom stereocenters. The number of sulfone groups is 1. The van der Waals surface area contributed by atoms with Crippen molar-refractivity contribution in [3.05, 3.63) is 65.2 Å². The third-order valence-electron chi connectivity index (χ3n) is 2.85. The molecule has 3 nitrogen and oxygen atoms in total. The monoisotopic (exact) mass is 297 g/mol. The number of halogens is 2. The van der Waals surface area contributed by atoms with Gasteiger partial charge in [0.25, 0.3) is 0 Å². The Morgan fingerprint density at radius 3 is 2.45 bits per heavy atom. The fraction of sp³-hybridized carbons (Fsp3) is 0.143. The van der Waals surface area contributed by atoms with Crippen LogP contribution < -0.4 is 5.73 Å². The van der Waals surface area contributed by atoms with Crippen molar-refractivity contribution in [3.63, 3.8) is 0 Å². The highest BCUT2D eigenvalue weighted by atomic mass is 32.2. The van der Waals surface area contributed by atoms with E-state index in [2.05, 4.69) is 0 Å². The third kappa shape index (κ3) is 3.20. The molecule has 0 aliphatic heterocycles. The zero-order valence-corrected chi connectivity index (χ0v) is 11.3. The van der Waals surface area contributed by atoms with Gasteiger partial charge in [0, 0.05) is 12.1 Å². The molecular weight excluding hydrogens is 284 g/mol. The molecule has 106 valence electrons. The second-order valence-electron chi connectivity index (χ2n) is 4.35. The van der Waals surface area contributed by atoms with Crippen LogP contribution in [0.2, 0.25) is 0 Å². The van der Waals surface area contributed by atoms with Crippen LogP contribution in [-0.4, -0.2) is 8.42 Å². The van der Waals surface area contributed by atoms with E-state index in [0.717, 1.165) is 12.1 Å². The molecule has 0 radical (unpaired) electrons. The summed E-state index contributed by atoms with van der Waals surface area (Å²) in [6.45, 7) is 0.188. The van der Waals surface area contributed by atoms with E-state index in [1.807, 2.05) is 0 Å². The van der Waals surface area contributed by atoms with Gasteiger partial charge in [-0.15, -0.1) is 0 Å². The SMILES string of the molecule is NCc1ccc(F)c(CS(=O)(=O)c2cccc(F)c2)c1. The van der Waals surface area contributed by atoms with E-state index in [4.69, 9.17) is 5.73 Å². The van der Waals surface area contributed by atoms with Crippen LogP contribution in [0.1, 0.15) is 11.1 Å². The van der Waals surface area contributed by atoms with Gasteiger partial charge < -0.3 is 5.73 Å². The Kier molecular flexibility index (Phi) is 4.15. The minimum absolute atomic E-state index is 0.0252. The molecule has 2 aromatic carbocycles. The summed E-state index contributed by atoms with van der Waals surface area (Å²) in [6, 6.07) is 8.73. The summed E-state index contributed by atoms with van der Waals surface area (Å²) in [6.07, 6.45) is 0. The maximum Gasteiger partial charge on any atom is 0.182 e. The molecule has 2 aromatic rings.